The van der Waals surface area contributed by atoms with E-state index in [4.69, 9.17) is 5.73 Å². The molecule has 3 amide bonds. The second kappa shape index (κ2) is 16.6. The Morgan fingerprint density at radius 3 is 1.95 bits per heavy atom. The molecule has 0 saturated carbocycles. The topological polar surface area (TPSA) is 379 Å². The molecule has 0 spiro atoms. The van der Waals surface area contributed by atoms with E-state index in [9.17, 15) is 58.4 Å². The molecule has 9 N–H and O–H groups in total. The van der Waals surface area contributed by atoms with Crippen molar-refractivity contribution in [2.75, 3.05) is 21.3 Å². The van der Waals surface area contributed by atoms with Gasteiger partial charge in [-0.3, -0.25) is 18.5 Å². The van der Waals surface area contributed by atoms with Gasteiger partial charge in [-0.25, -0.2) is 9.36 Å². The monoisotopic (exact) mass is 893 g/mol. The molecule has 4 aromatic carbocycles. The van der Waals surface area contributed by atoms with E-state index in [1.54, 1.807) is 24.3 Å². The Hall–Kier alpha value is -7.56. The summed E-state index contributed by atoms with van der Waals surface area (Å²) in [6.07, 6.45) is 2.64. The Labute approximate surface area is 343 Å². The predicted molar refractivity (Wildman–Crippen MR) is 210 cm³/mol. The number of aromatic carboxylic acids is 1. The molecule has 0 aliphatic heterocycles. The van der Waals surface area contributed by atoms with E-state index in [2.05, 4.69) is 46.4 Å². The standard InChI is InChI=1S/C34H27N11O13S3/c1-17(46)36-20-5-2-6-21(12-20)37-32-40-33(42-34(41-32)45-9-3-4-18(16-45)30(47)48)38-22-7-8-25(26(13-22)39-31(35)49)43-44-27-15-24-19(11-29(27)61(56,57)58)10-23(59(50,51)52)14-28(24)60(53,54)55/h2-16H,1H3,(H9-,35,36,37,38,39,40,41,42,44,46,47,48,49,50,51,52,53,54,55,56,57,58). The van der Waals surface area contributed by atoms with Crippen LogP contribution in [0, 0.1) is 0 Å². The summed E-state index contributed by atoms with van der Waals surface area (Å²) in [5.74, 6) is -2.13. The van der Waals surface area contributed by atoms with Crippen molar-refractivity contribution in [2.24, 2.45) is 16.0 Å². The van der Waals surface area contributed by atoms with E-state index in [1.807, 2.05) is 0 Å². The number of hydrogen-bond donors (Lipinski definition) is 8. The summed E-state index contributed by atoms with van der Waals surface area (Å²) in [5.41, 5.74) is 5.07. The third kappa shape index (κ3) is 10.6. The first kappa shape index (κ1) is 43.0. The Kier molecular flexibility index (Phi) is 11.7. The summed E-state index contributed by atoms with van der Waals surface area (Å²) < 4.78 is 104. The van der Waals surface area contributed by atoms with Gasteiger partial charge >= 0.3 is 23.9 Å². The molecule has 6 rings (SSSR count). The second-order valence-corrected chi connectivity index (χ2v) is 16.6. The van der Waals surface area contributed by atoms with Gasteiger partial charge in [0.05, 0.1) is 28.9 Å². The molecule has 314 valence electrons. The third-order valence-electron chi connectivity index (χ3n) is 7.93. The number of carboxylic acid groups (broad SMARTS) is 1. The highest BCUT2D eigenvalue weighted by Gasteiger charge is 2.25. The first-order chi connectivity index (χ1) is 28.5. The van der Waals surface area contributed by atoms with Crippen LogP contribution < -0.4 is 36.7 Å². The zero-order chi connectivity index (χ0) is 44.4. The first-order valence-corrected chi connectivity index (χ1v) is 20.9. The minimum atomic E-state index is -5.23. The van der Waals surface area contributed by atoms with Gasteiger partial charge in [-0.15, -0.1) is 15.2 Å². The zero-order valence-corrected chi connectivity index (χ0v) is 33.0. The number of azo groups is 1. The number of nitrogens with two attached hydrogens (primary N) is 1. The number of primary amides is 1. The van der Waals surface area contributed by atoms with Gasteiger partial charge in [0.25, 0.3) is 30.4 Å². The molecular weight excluding hydrogens is 867 g/mol. The summed E-state index contributed by atoms with van der Waals surface area (Å²) in [7, 11) is -15.5. The normalized spacial score (nSPS) is 11.9. The van der Waals surface area contributed by atoms with E-state index in [0.717, 1.165) is 6.07 Å². The molecule has 2 aromatic heterocycles. The summed E-state index contributed by atoms with van der Waals surface area (Å²) in [6.45, 7) is 1.33. The van der Waals surface area contributed by atoms with Gasteiger partial charge in [0, 0.05) is 34.9 Å². The molecule has 0 fully saturated rings. The summed E-state index contributed by atoms with van der Waals surface area (Å²) in [6, 6.07) is 14.4. The van der Waals surface area contributed by atoms with Crippen LogP contribution >= 0.6 is 0 Å². The number of carbonyl (C=O) groups excluding carboxylic acids is 3. The predicted octanol–water partition coefficient (Wildman–Crippen LogP) is 2.76. The minimum Gasteiger partial charge on any atom is -0.545 e. The number of benzene rings is 4. The van der Waals surface area contributed by atoms with E-state index in [0.29, 0.717) is 29.6 Å². The lowest BCUT2D eigenvalue weighted by Crippen LogP contribution is -2.36. The molecule has 2 heterocycles. The molecule has 61 heavy (non-hydrogen) atoms. The van der Waals surface area contributed by atoms with Crippen molar-refractivity contribution < 1.29 is 63.0 Å². The van der Waals surface area contributed by atoms with Crippen molar-refractivity contribution in [1.29, 1.82) is 0 Å². The van der Waals surface area contributed by atoms with Gasteiger partial charge in [-0.2, -0.15) is 25.3 Å². The van der Waals surface area contributed by atoms with Crippen LogP contribution in [0.5, 0.6) is 0 Å². The fourth-order valence-corrected chi connectivity index (χ4v) is 7.44. The number of urea groups is 1. The van der Waals surface area contributed by atoms with Crippen molar-refractivity contribution in [3.8, 4) is 5.95 Å². The molecule has 0 atom stereocenters. The van der Waals surface area contributed by atoms with Gasteiger partial charge in [0.1, 0.15) is 21.2 Å². The largest absolute Gasteiger partial charge is 0.545 e. The molecule has 24 nitrogen and oxygen atoms in total. The second-order valence-electron chi connectivity index (χ2n) is 12.4. The SMILES string of the molecule is CC(=O)Nc1cccc(Nc2nc(Nc3ccc(N=Nc4cc5c(S(=O)(=O)O)cc(S(=O)(=O)O)cc5cc4S(=O)(=O)O)c(NC(N)=O)c3)nc(-[n+]3cccc(C(=O)[O-])c3)n2)c1. The lowest BCUT2D eigenvalue weighted by atomic mass is 10.1. The van der Waals surface area contributed by atoms with Crippen LogP contribution in [0.2, 0.25) is 0 Å². The number of pyridine rings is 1. The van der Waals surface area contributed by atoms with E-state index < -0.39 is 73.5 Å². The summed E-state index contributed by atoms with van der Waals surface area (Å²) in [4.78, 5) is 45.2. The molecule has 27 heteroatoms. The Balaban J connectivity index is 1.42. The Bertz CT molecular complexity index is 3190. The molecule has 0 saturated heterocycles. The highest BCUT2D eigenvalue weighted by atomic mass is 32.2. The number of hydrogen-bond acceptors (Lipinski definition) is 17. The molecule has 0 bridgehead atoms. The zero-order valence-electron chi connectivity index (χ0n) is 30.6. The third-order valence-corrected chi connectivity index (χ3v) is 10.5. The van der Waals surface area contributed by atoms with E-state index in [1.165, 1.54) is 54.2 Å². The van der Waals surface area contributed by atoms with Crippen molar-refractivity contribution in [3.05, 3.63) is 96.8 Å². The van der Waals surface area contributed by atoms with Gasteiger partial charge in [-0.05, 0) is 88.2 Å². The fourth-order valence-electron chi connectivity index (χ4n) is 5.46. The maximum absolute atomic E-state index is 12.4. The van der Waals surface area contributed by atoms with Crippen molar-refractivity contribution in [1.82, 2.24) is 15.0 Å². The van der Waals surface area contributed by atoms with Crippen molar-refractivity contribution >= 4 is 105 Å². The van der Waals surface area contributed by atoms with Crippen molar-refractivity contribution in [2.45, 2.75) is 21.6 Å². The number of carbonyl (C=O) groups is 3. The van der Waals surface area contributed by atoms with Crippen LogP contribution in [-0.2, 0) is 35.1 Å². The Morgan fingerprint density at radius 1 is 0.705 bits per heavy atom. The minimum absolute atomic E-state index is 0.0730. The van der Waals surface area contributed by atoms with Crippen LogP contribution in [0.15, 0.2) is 116 Å². The Morgan fingerprint density at radius 2 is 1.34 bits per heavy atom. The molecule has 0 radical (unpaired) electrons. The van der Waals surface area contributed by atoms with Gasteiger partial charge in [-0.1, -0.05) is 6.07 Å². The fraction of sp³-hybridized carbons (Fsp3) is 0.0294. The highest BCUT2D eigenvalue weighted by Crippen LogP contribution is 2.37. The quantitative estimate of drug-likeness (QED) is 0.0469. The summed E-state index contributed by atoms with van der Waals surface area (Å²) in [5, 5.41) is 29.2. The molecule has 0 aliphatic rings. The van der Waals surface area contributed by atoms with Gasteiger partial charge in [0.15, 0.2) is 0 Å². The lowest BCUT2D eigenvalue weighted by molar-refractivity contribution is -0.603. The van der Waals surface area contributed by atoms with Gasteiger partial charge < -0.3 is 36.9 Å². The molecule has 0 aliphatic carbocycles. The highest BCUT2D eigenvalue weighted by molar-refractivity contribution is 7.87. The number of carboxylic acids is 1. The average molecular weight is 894 g/mol. The van der Waals surface area contributed by atoms with Crippen LogP contribution in [-0.4, -0.2) is 71.8 Å². The van der Waals surface area contributed by atoms with Crippen LogP contribution in [0.1, 0.15) is 17.3 Å². The van der Waals surface area contributed by atoms with E-state index >= 15 is 0 Å². The van der Waals surface area contributed by atoms with Gasteiger partial charge in [0.2, 0.25) is 5.91 Å². The molecular formula is C34H27N11O13S3. The van der Waals surface area contributed by atoms with Crippen LogP contribution in [0.4, 0.5) is 50.8 Å². The summed E-state index contributed by atoms with van der Waals surface area (Å²) >= 11 is 0. The van der Waals surface area contributed by atoms with E-state index in [-0.39, 0.29) is 46.4 Å². The average Bonchev–Trinajstić information content (AvgIpc) is 3.15. The number of rotatable bonds is 13. The lowest BCUT2D eigenvalue weighted by Gasteiger charge is -2.11. The number of nitrogens with zero attached hydrogens (tertiary/aromatic N) is 6. The van der Waals surface area contributed by atoms with Crippen LogP contribution in [0.25, 0.3) is 16.7 Å². The number of fused-ring (bicyclic) bond motifs is 1. The van der Waals surface area contributed by atoms with Crippen molar-refractivity contribution in [3.63, 3.8) is 0 Å². The first-order valence-electron chi connectivity index (χ1n) is 16.6. The number of anilines is 6. The molecule has 6 aromatic rings. The number of amides is 3. The number of aromatic nitrogens is 4. The number of nitrogens with one attached hydrogen (secondary N) is 4. The molecule has 0 unspecified atom stereocenters. The smallest absolute Gasteiger partial charge is 0.444 e. The maximum Gasteiger partial charge on any atom is 0.444 e. The van der Waals surface area contributed by atoms with Crippen LogP contribution in [0.3, 0.4) is 0 Å². The maximum atomic E-state index is 12.4.